The Morgan fingerprint density at radius 2 is 1.79 bits per heavy atom. The normalized spacial score (nSPS) is 23.4. The van der Waals surface area contributed by atoms with Crippen LogP contribution in [0.25, 0.3) is 5.82 Å². The fourth-order valence-electron chi connectivity index (χ4n) is 6.50. The molecule has 4 heterocycles. The Labute approximate surface area is 251 Å². The quantitative estimate of drug-likeness (QED) is 0.438. The number of amides is 1. The number of nitriles is 1. The summed E-state index contributed by atoms with van der Waals surface area (Å²) in [7, 11) is 0. The first kappa shape index (κ1) is 28.8. The third-order valence-electron chi connectivity index (χ3n) is 9.03. The molecule has 13 heteroatoms. The van der Waals surface area contributed by atoms with Crippen LogP contribution < -0.4 is 16.0 Å². The van der Waals surface area contributed by atoms with Gasteiger partial charge in [0.2, 0.25) is 17.8 Å². The molecular weight excluding hydrogens is 546 g/mol. The maximum absolute atomic E-state index is 11.8. The average molecular weight is 586 g/mol. The molecule has 0 unspecified atom stereocenters. The summed E-state index contributed by atoms with van der Waals surface area (Å²) in [6.07, 6.45) is 6.11. The number of nitrogens with one attached hydrogen (secondary N) is 1. The van der Waals surface area contributed by atoms with Gasteiger partial charge < -0.3 is 25.6 Å². The third kappa shape index (κ3) is 6.25. The number of benzene rings is 1. The van der Waals surface area contributed by atoms with E-state index >= 15 is 0 Å². The number of ether oxygens (including phenoxy) is 1. The van der Waals surface area contributed by atoms with E-state index in [2.05, 4.69) is 41.2 Å². The lowest BCUT2D eigenvalue weighted by Gasteiger charge is -2.41. The van der Waals surface area contributed by atoms with Crippen molar-refractivity contribution in [3.8, 4) is 11.9 Å². The molecule has 1 aliphatic carbocycles. The SMILES string of the molecule is CC(=O)N1CCCN(c2cc(-n3nc(Nc4ccc([C@]5(C#N)CC[C@@H](N6CCOCC6)CC5)cc4)nc3N)ncn2)CC1. The van der Waals surface area contributed by atoms with Crippen LogP contribution in [-0.2, 0) is 14.9 Å². The summed E-state index contributed by atoms with van der Waals surface area (Å²) in [5.74, 6) is 1.89. The molecule has 2 aliphatic heterocycles. The number of nitrogens with zero attached hydrogens (tertiary/aromatic N) is 9. The van der Waals surface area contributed by atoms with E-state index in [1.807, 2.05) is 35.2 Å². The minimum absolute atomic E-state index is 0.0893. The van der Waals surface area contributed by atoms with E-state index in [-0.39, 0.29) is 11.9 Å². The van der Waals surface area contributed by atoms with E-state index in [4.69, 9.17) is 10.5 Å². The van der Waals surface area contributed by atoms with Gasteiger partial charge >= 0.3 is 0 Å². The predicted octanol–water partition coefficient (Wildman–Crippen LogP) is 2.48. The van der Waals surface area contributed by atoms with Gasteiger partial charge in [-0.15, -0.1) is 5.10 Å². The lowest BCUT2D eigenvalue weighted by Crippen LogP contribution is -2.47. The highest BCUT2D eigenvalue weighted by Gasteiger charge is 2.39. The summed E-state index contributed by atoms with van der Waals surface area (Å²) in [6.45, 7) is 8.04. The molecule has 2 aromatic heterocycles. The highest BCUT2D eigenvalue weighted by molar-refractivity contribution is 5.73. The number of aromatic nitrogens is 5. The van der Waals surface area contributed by atoms with Crippen LogP contribution >= 0.6 is 0 Å². The van der Waals surface area contributed by atoms with Gasteiger partial charge in [-0.3, -0.25) is 9.69 Å². The van der Waals surface area contributed by atoms with Crippen LogP contribution in [0.15, 0.2) is 36.7 Å². The minimum Gasteiger partial charge on any atom is -0.379 e. The van der Waals surface area contributed by atoms with Gasteiger partial charge in [0, 0.05) is 64.0 Å². The molecule has 2 saturated heterocycles. The molecule has 13 nitrogen and oxygen atoms in total. The number of carbonyl (C=O) groups excluding carboxylic acids is 1. The monoisotopic (exact) mass is 585 g/mol. The molecule has 3 fully saturated rings. The van der Waals surface area contributed by atoms with Crippen LogP contribution in [-0.4, -0.2) is 99.0 Å². The topological polar surface area (TPSA) is 154 Å². The lowest BCUT2D eigenvalue weighted by molar-refractivity contribution is -0.128. The van der Waals surface area contributed by atoms with E-state index in [0.29, 0.717) is 30.9 Å². The standard InChI is InChI=1S/C30H39N11O2/c1-22(42)38-11-2-12-40(14-13-38)26-19-27(34-21-33-26)41-28(32)36-29(37-41)35-24-5-3-23(4-6-24)30(20-31)9-7-25(8-10-30)39-15-17-43-18-16-39/h3-6,19,21,25H,2,7-18H2,1H3,(H3,32,35,36,37)/t25-,30-. The van der Waals surface area contributed by atoms with Crippen LogP contribution in [0.3, 0.4) is 0 Å². The van der Waals surface area contributed by atoms with Gasteiger partial charge in [-0.05, 0) is 49.8 Å². The molecule has 226 valence electrons. The third-order valence-corrected chi connectivity index (χ3v) is 9.03. The van der Waals surface area contributed by atoms with Crippen LogP contribution in [0.4, 0.5) is 23.4 Å². The Bertz CT molecular complexity index is 1450. The summed E-state index contributed by atoms with van der Waals surface area (Å²) >= 11 is 0. The summed E-state index contributed by atoms with van der Waals surface area (Å²) in [5.41, 5.74) is 7.63. The van der Waals surface area contributed by atoms with E-state index in [0.717, 1.165) is 88.6 Å². The van der Waals surface area contributed by atoms with Crippen molar-refractivity contribution in [2.24, 2.45) is 0 Å². The zero-order valence-electron chi connectivity index (χ0n) is 24.7. The molecule has 0 radical (unpaired) electrons. The van der Waals surface area contributed by atoms with Crippen molar-refractivity contribution in [2.75, 3.05) is 68.4 Å². The lowest BCUT2D eigenvalue weighted by atomic mass is 9.69. The van der Waals surface area contributed by atoms with Gasteiger partial charge in [0.1, 0.15) is 12.1 Å². The molecule has 1 aromatic carbocycles. The van der Waals surface area contributed by atoms with Crippen molar-refractivity contribution < 1.29 is 9.53 Å². The molecule has 1 amide bonds. The molecule has 0 spiro atoms. The smallest absolute Gasteiger partial charge is 0.248 e. The highest BCUT2D eigenvalue weighted by atomic mass is 16.5. The molecule has 0 bridgehead atoms. The summed E-state index contributed by atoms with van der Waals surface area (Å²) in [5, 5.41) is 18.0. The van der Waals surface area contributed by atoms with E-state index in [1.165, 1.54) is 11.0 Å². The van der Waals surface area contributed by atoms with E-state index < -0.39 is 5.41 Å². The Morgan fingerprint density at radius 1 is 1.05 bits per heavy atom. The zero-order chi connectivity index (χ0) is 29.8. The Hall–Kier alpha value is -4.28. The van der Waals surface area contributed by atoms with E-state index in [9.17, 15) is 10.1 Å². The second-order valence-corrected chi connectivity index (χ2v) is 11.6. The zero-order valence-corrected chi connectivity index (χ0v) is 24.7. The number of carbonyl (C=O) groups is 1. The Morgan fingerprint density at radius 3 is 2.51 bits per heavy atom. The van der Waals surface area contributed by atoms with Gasteiger partial charge in [-0.1, -0.05) is 12.1 Å². The maximum atomic E-state index is 11.8. The first-order chi connectivity index (χ1) is 20.9. The molecular formula is C30H39N11O2. The number of nitrogens with two attached hydrogens (primary N) is 1. The number of hydrogen-bond acceptors (Lipinski definition) is 11. The molecule has 3 N–H and O–H groups in total. The maximum Gasteiger partial charge on any atom is 0.248 e. The number of anilines is 4. The fourth-order valence-corrected chi connectivity index (χ4v) is 6.50. The molecule has 3 aromatic rings. The van der Waals surface area contributed by atoms with Crippen LogP contribution in [0.1, 0.15) is 44.6 Å². The van der Waals surface area contributed by atoms with Gasteiger partial charge in [0.15, 0.2) is 5.82 Å². The minimum atomic E-state index is -0.464. The van der Waals surface area contributed by atoms with Crippen molar-refractivity contribution in [1.29, 1.82) is 5.26 Å². The fraction of sp³-hybridized carbons (Fsp3) is 0.533. The summed E-state index contributed by atoms with van der Waals surface area (Å²) < 4.78 is 7.00. The van der Waals surface area contributed by atoms with Crippen LogP contribution in [0.5, 0.6) is 0 Å². The van der Waals surface area contributed by atoms with Gasteiger partial charge in [-0.25, -0.2) is 9.97 Å². The summed E-state index contributed by atoms with van der Waals surface area (Å²) in [4.78, 5) is 31.6. The average Bonchev–Trinajstić information content (AvgIpc) is 3.23. The van der Waals surface area contributed by atoms with Crippen molar-refractivity contribution in [3.05, 3.63) is 42.2 Å². The summed E-state index contributed by atoms with van der Waals surface area (Å²) in [6, 6.07) is 13.0. The first-order valence-corrected chi connectivity index (χ1v) is 15.1. The number of nitrogen functional groups attached to an aromatic ring is 1. The number of morpholine rings is 1. The van der Waals surface area contributed by atoms with Crippen molar-refractivity contribution in [3.63, 3.8) is 0 Å². The number of rotatable bonds is 6. The Kier molecular flexibility index (Phi) is 8.40. The van der Waals surface area contributed by atoms with Crippen molar-refractivity contribution in [1.82, 2.24) is 34.5 Å². The Balaban J connectivity index is 1.11. The second-order valence-electron chi connectivity index (χ2n) is 11.6. The second kappa shape index (κ2) is 12.5. The molecule has 3 aliphatic rings. The van der Waals surface area contributed by atoms with Crippen LogP contribution in [0.2, 0.25) is 0 Å². The first-order valence-electron chi connectivity index (χ1n) is 15.1. The molecule has 6 rings (SSSR count). The van der Waals surface area contributed by atoms with Gasteiger partial charge in [0.05, 0.1) is 24.7 Å². The van der Waals surface area contributed by atoms with E-state index in [1.54, 1.807) is 6.92 Å². The largest absolute Gasteiger partial charge is 0.379 e. The molecule has 0 atom stereocenters. The van der Waals surface area contributed by atoms with Gasteiger partial charge in [0.25, 0.3) is 0 Å². The van der Waals surface area contributed by atoms with Gasteiger partial charge in [-0.2, -0.15) is 14.9 Å². The van der Waals surface area contributed by atoms with Crippen molar-refractivity contribution in [2.45, 2.75) is 50.5 Å². The number of hydrogen-bond donors (Lipinski definition) is 2. The van der Waals surface area contributed by atoms with Crippen LogP contribution in [0, 0.1) is 11.3 Å². The molecule has 43 heavy (non-hydrogen) atoms. The highest BCUT2D eigenvalue weighted by Crippen LogP contribution is 2.41. The molecule has 1 saturated carbocycles. The predicted molar refractivity (Wildman–Crippen MR) is 162 cm³/mol. The van der Waals surface area contributed by atoms with Crippen molar-refractivity contribution >= 4 is 29.3 Å².